The van der Waals surface area contributed by atoms with Gasteiger partial charge in [0.15, 0.2) is 5.82 Å². The van der Waals surface area contributed by atoms with Crippen molar-refractivity contribution < 1.29 is 8.42 Å². The van der Waals surface area contributed by atoms with Crippen LogP contribution in [0, 0.1) is 0 Å². The molecule has 29 heavy (non-hydrogen) atoms. The first kappa shape index (κ1) is 20.8. The fraction of sp³-hybridized carbons (Fsp3) is 0.222. The summed E-state index contributed by atoms with van der Waals surface area (Å²) in [5.74, 6) is 0.690. The minimum atomic E-state index is -3.52. The highest BCUT2D eigenvalue weighted by Crippen LogP contribution is 2.30. The number of sulfonamides is 1. The van der Waals surface area contributed by atoms with E-state index < -0.39 is 10.0 Å². The van der Waals surface area contributed by atoms with Crippen molar-refractivity contribution in [1.29, 1.82) is 0 Å². The van der Waals surface area contributed by atoms with E-state index in [1.54, 1.807) is 30.3 Å². The zero-order valence-corrected chi connectivity index (χ0v) is 18.8. The van der Waals surface area contributed by atoms with E-state index in [0.717, 1.165) is 16.9 Å². The van der Waals surface area contributed by atoms with E-state index in [4.69, 9.17) is 34.8 Å². The van der Waals surface area contributed by atoms with Crippen LogP contribution in [0.25, 0.3) is 11.3 Å². The van der Waals surface area contributed by atoms with Crippen molar-refractivity contribution in [3.8, 4) is 11.3 Å². The number of halogens is 3. The monoisotopic (exact) mass is 488 g/mol. The molecule has 0 atom stereocenters. The summed E-state index contributed by atoms with van der Waals surface area (Å²) in [6.45, 7) is 1.77. The molecule has 0 amide bonds. The van der Waals surface area contributed by atoms with Gasteiger partial charge in [0.2, 0.25) is 0 Å². The first-order chi connectivity index (χ1) is 13.8. The molecule has 1 aliphatic heterocycles. The summed E-state index contributed by atoms with van der Waals surface area (Å²) in [7, 11) is -3.52. The van der Waals surface area contributed by atoms with E-state index in [1.807, 2.05) is 17.0 Å². The maximum atomic E-state index is 12.7. The second kappa shape index (κ2) is 8.37. The molecule has 1 aromatic carbocycles. The summed E-state index contributed by atoms with van der Waals surface area (Å²) >= 11 is 19.1. The fourth-order valence-corrected chi connectivity index (χ4v) is 6.62. The van der Waals surface area contributed by atoms with E-state index in [-0.39, 0.29) is 4.21 Å². The lowest BCUT2D eigenvalue weighted by atomic mass is 10.1. The van der Waals surface area contributed by atoms with Gasteiger partial charge in [-0.2, -0.15) is 4.31 Å². The topological polar surface area (TPSA) is 66.4 Å². The van der Waals surface area contributed by atoms with Crippen molar-refractivity contribution in [2.24, 2.45) is 0 Å². The predicted molar refractivity (Wildman–Crippen MR) is 118 cm³/mol. The first-order valence-electron chi connectivity index (χ1n) is 8.64. The van der Waals surface area contributed by atoms with Crippen LogP contribution in [0.5, 0.6) is 0 Å². The molecule has 1 fully saturated rings. The average Bonchev–Trinajstić information content (AvgIpc) is 3.16. The Kier molecular flexibility index (Phi) is 6.02. The first-order valence-corrected chi connectivity index (χ1v) is 12.0. The third-order valence-corrected chi connectivity index (χ3v) is 8.71. The molecule has 0 bridgehead atoms. The Morgan fingerprint density at radius 2 is 1.66 bits per heavy atom. The van der Waals surface area contributed by atoms with Gasteiger partial charge in [-0.25, -0.2) is 8.42 Å². The lowest BCUT2D eigenvalue weighted by molar-refractivity contribution is 0.384. The lowest BCUT2D eigenvalue weighted by Gasteiger charge is -2.34. The summed E-state index contributed by atoms with van der Waals surface area (Å²) in [6, 6.07) is 12.0. The van der Waals surface area contributed by atoms with Gasteiger partial charge >= 0.3 is 0 Å². The molecular formula is C18H15Cl3N4O2S2. The van der Waals surface area contributed by atoms with Crippen LogP contribution in [0.1, 0.15) is 0 Å². The second-order valence-corrected chi connectivity index (χ2v) is 11.1. The number of benzene rings is 1. The molecule has 4 rings (SSSR count). The SMILES string of the molecule is O=S(=O)(c1ccc(Cl)s1)N1CCN(c2ccc(-c3ccc(Cl)cc3Cl)nn2)CC1. The number of rotatable bonds is 4. The Morgan fingerprint density at radius 3 is 2.24 bits per heavy atom. The standard InChI is InChI=1S/C18H15Cl3N4O2S2/c19-12-1-2-13(14(20)11-12)15-3-5-17(23-22-15)24-7-9-25(10-8-24)29(26,27)18-6-4-16(21)28-18/h1-6,11H,7-10H2. The van der Waals surface area contributed by atoms with Gasteiger partial charge in [-0.3, -0.25) is 0 Å². The van der Waals surface area contributed by atoms with Crippen LogP contribution in [-0.2, 0) is 10.0 Å². The molecule has 6 nitrogen and oxygen atoms in total. The fourth-order valence-electron chi connectivity index (χ4n) is 3.06. The molecule has 0 saturated carbocycles. The summed E-state index contributed by atoms with van der Waals surface area (Å²) in [4.78, 5) is 2.01. The van der Waals surface area contributed by atoms with Gasteiger partial charge in [0, 0.05) is 36.8 Å². The number of piperazine rings is 1. The van der Waals surface area contributed by atoms with Crippen molar-refractivity contribution in [2.75, 3.05) is 31.1 Å². The number of nitrogens with zero attached hydrogens (tertiary/aromatic N) is 4. The van der Waals surface area contributed by atoms with Crippen molar-refractivity contribution in [1.82, 2.24) is 14.5 Å². The Bertz CT molecular complexity index is 1130. The molecule has 0 radical (unpaired) electrons. The van der Waals surface area contributed by atoms with Gasteiger partial charge in [-0.1, -0.05) is 34.8 Å². The van der Waals surface area contributed by atoms with Gasteiger partial charge in [0.05, 0.1) is 15.1 Å². The van der Waals surface area contributed by atoms with Crippen molar-refractivity contribution in [2.45, 2.75) is 4.21 Å². The van der Waals surface area contributed by atoms with Crippen molar-refractivity contribution >= 4 is 62.0 Å². The molecule has 152 valence electrons. The van der Waals surface area contributed by atoms with Gasteiger partial charge in [-0.05, 0) is 42.5 Å². The predicted octanol–water partition coefficient (Wildman–Crippen LogP) is 4.68. The highest BCUT2D eigenvalue weighted by atomic mass is 35.5. The number of anilines is 1. The van der Waals surface area contributed by atoms with Crippen LogP contribution in [0.4, 0.5) is 5.82 Å². The largest absolute Gasteiger partial charge is 0.352 e. The number of hydrogen-bond acceptors (Lipinski definition) is 6. The summed E-state index contributed by atoms with van der Waals surface area (Å²) in [5.41, 5.74) is 1.40. The van der Waals surface area contributed by atoms with E-state index in [2.05, 4.69) is 10.2 Å². The Hall–Kier alpha value is -1.42. The normalized spacial score (nSPS) is 15.6. The van der Waals surface area contributed by atoms with E-state index >= 15 is 0 Å². The highest BCUT2D eigenvalue weighted by molar-refractivity contribution is 7.91. The molecule has 1 aliphatic rings. The Labute approximate surface area is 187 Å². The molecule has 3 heterocycles. The Morgan fingerprint density at radius 1 is 0.897 bits per heavy atom. The highest BCUT2D eigenvalue weighted by Gasteiger charge is 2.30. The maximum absolute atomic E-state index is 12.7. The molecule has 2 aromatic heterocycles. The van der Waals surface area contributed by atoms with Crippen LogP contribution in [0.2, 0.25) is 14.4 Å². The minimum Gasteiger partial charge on any atom is -0.352 e. The van der Waals surface area contributed by atoms with E-state index in [0.29, 0.717) is 52.1 Å². The molecular weight excluding hydrogens is 475 g/mol. The smallest absolute Gasteiger partial charge is 0.252 e. The summed E-state index contributed by atoms with van der Waals surface area (Å²) < 4.78 is 27.6. The van der Waals surface area contributed by atoms with E-state index in [1.165, 1.54) is 4.31 Å². The third kappa shape index (κ3) is 4.38. The molecule has 1 saturated heterocycles. The van der Waals surface area contributed by atoms with Crippen LogP contribution in [0.3, 0.4) is 0 Å². The molecule has 0 spiro atoms. The molecule has 3 aromatic rings. The number of aromatic nitrogens is 2. The van der Waals surface area contributed by atoms with Gasteiger partial charge in [0.25, 0.3) is 10.0 Å². The van der Waals surface area contributed by atoms with Crippen LogP contribution in [0.15, 0.2) is 46.7 Å². The van der Waals surface area contributed by atoms with Crippen LogP contribution >= 0.6 is 46.1 Å². The quantitative estimate of drug-likeness (QED) is 0.532. The maximum Gasteiger partial charge on any atom is 0.252 e. The number of hydrogen-bond donors (Lipinski definition) is 0. The Balaban J connectivity index is 1.45. The molecule has 11 heteroatoms. The van der Waals surface area contributed by atoms with E-state index in [9.17, 15) is 8.42 Å². The van der Waals surface area contributed by atoms with Crippen molar-refractivity contribution in [3.05, 3.63) is 56.8 Å². The van der Waals surface area contributed by atoms with Crippen molar-refractivity contribution in [3.63, 3.8) is 0 Å². The summed E-state index contributed by atoms with van der Waals surface area (Å²) in [5, 5.41) is 9.62. The van der Waals surface area contributed by atoms with Gasteiger partial charge in [0.1, 0.15) is 4.21 Å². The zero-order chi connectivity index (χ0) is 20.6. The lowest BCUT2D eigenvalue weighted by Crippen LogP contribution is -2.48. The number of thiophene rings is 1. The zero-order valence-electron chi connectivity index (χ0n) is 14.9. The minimum absolute atomic E-state index is 0.264. The second-order valence-electron chi connectivity index (χ2n) is 6.35. The van der Waals surface area contributed by atoms with Gasteiger partial charge in [-0.15, -0.1) is 21.5 Å². The van der Waals surface area contributed by atoms with Crippen LogP contribution < -0.4 is 4.90 Å². The third-order valence-electron chi connectivity index (χ3n) is 4.56. The summed E-state index contributed by atoms with van der Waals surface area (Å²) in [6.07, 6.45) is 0. The molecule has 0 N–H and O–H groups in total. The molecule has 0 unspecified atom stereocenters. The molecule has 0 aliphatic carbocycles. The van der Waals surface area contributed by atoms with Gasteiger partial charge < -0.3 is 4.90 Å². The average molecular weight is 490 g/mol. The van der Waals surface area contributed by atoms with Crippen LogP contribution in [-0.4, -0.2) is 49.1 Å².